The third kappa shape index (κ3) is 3.34. The van der Waals surface area contributed by atoms with Gasteiger partial charge in [-0.05, 0) is 38.3 Å². The Morgan fingerprint density at radius 1 is 1.25 bits per heavy atom. The van der Waals surface area contributed by atoms with Gasteiger partial charge in [0.25, 0.3) is 5.91 Å². The first kappa shape index (κ1) is 13.2. The first-order valence-electron chi connectivity index (χ1n) is 5.48. The van der Waals surface area contributed by atoms with Crippen molar-refractivity contribution < 1.29 is 4.79 Å². The minimum absolute atomic E-state index is 0.0379. The topological polar surface area (TPSA) is 29.1 Å². The molecule has 1 aromatic rings. The van der Waals surface area contributed by atoms with Crippen LogP contribution in [0.5, 0.6) is 0 Å². The number of carbonyl (C=O) groups excluding carboxylic acids is 1. The molecule has 1 aromatic carbocycles. The van der Waals surface area contributed by atoms with Crippen LogP contribution in [0.25, 0.3) is 0 Å². The Morgan fingerprint density at radius 3 is 2.31 bits per heavy atom. The zero-order chi connectivity index (χ0) is 12.1. The Morgan fingerprint density at radius 2 is 1.81 bits per heavy atom. The third-order valence-electron chi connectivity index (χ3n) is 2.50. The normalized spacial score (nSPS) is 10.2. The molecule has 0 heterocycles. The molecule has 0 saturated heterocycles. The summed E-state index contributed by atoms with van der Waals surface area (Å²) >= 11 is 3.34. The lowest BCUT2D eigenvalue weighted by Crippen LogP contribution is -2.26. The molecule has 0 radical (unpaired) electrons. The van der Waals surface area contributed by atoms with Crippen molar-refractivity contribution in [2.24, 2.45) is 0 Å². The van der Waals surface area contributed by atoms with Gasteiger partial charge in [-0.1, -0.05) is 33.6 Å². The molecule has 16 heavy (non-hydrogen) atoms. The summed E-state index contributed by atoms with van der Waals surface area (Å²) in [5, 5.41) is 3.85. The average Bonchev–Trinajstić information content (AvgIpc) is 2.16. The number of alkyl halides is 1. The van der Waals surface area contributed by atoms with E-state index in [-0.39, 0.29) is 5.91 Å². The van der Waals surface area contributed by atoms with Gasteiger partial charge in [0.1, 0.15) is 0 Å². The van der Waals surface area contributed by atoms with Gasteiger partial charge in [-0.2, -0.15) is 0 Å². The van der Waals surface area contributed by atoms with Crippen molar-refractivity contribution in [1.29, 1.82) is 0 Å². The number of aryl methyl sites for hydroxylation is 3. The molecule has 0 bridgehead atoms. The van der Waals surface area contributed by atoms with E-state index in [0.29, 0.717) is 0 Å². The standard InChI is InChI=1S/C13H18BrNO/c1-9-7-10(2)12(11(3)8-9)13(16)15-6-4-5-14/h7-8H,4-6H2,1-3H3,(H,15,16). The molecule has 0 aliphatic heterocycles. The zero-order valence-corrected chi connectivity index (χ0v) is 11.6. The molecule has 1 N–H and O–H groups in total. The molecule has 0 atom stereocenters. The lowest BCUT2D eigenvalue weighted by Gasteiger charge is -2.11. The molecule has 3 heteroatoms. The van der Waals surface area contributed by atoms with Crippen molar-refractivity contribution in [1.82, 2.24) is 5.32 Å². The quantitative estimate of drug-likeness (QED) is 0.668. The highest BCUT2D eigenvalue weighted by Crippen LogP contribution is 2.16. The summed E-state index contributed by atoms with van der Waals surface area (Å²) in [6, 6.07) is 4.10. The number of benzene rings is 1. The van der Waals surface area contributed by atoms with E-state index in [9.17, 15) is 4.79 Å². The predicted molar refractivity (Wildman–Crippen MR) is 71.4 cm³/mol. The monoisotopic (exact) mass is 283 g/mol. The highest BCUT2D eigenvalue weighted by atomic mass is 79.9. The van der Waals surface area contributed by atoms with Crippen LogP contribution in [0, 0.1) is 20.8 Å². The fourth-order valence-electron chi connectivity index (χ4n) is 1.90. The Labute approximate surface area is 106 Å². The van der Waals surface area contributed by atoms with Gasteiger partial charge >= 0.3 is 0 Å². The lowest BCUT2D eigenvalue weighted by atomic mass is 9.99. The molecule has 0 unspecified atom stereocenters. The van der Waals surface area contributed by atoms with E-state index in [0.717, 1.165) is 35.0 Å². The van der Waals surface area contributed by atoms with Gasteiger partial charge in [-0.3, -0.25) is 4.79 Å². The smallest absolute Gasteiger partial charge is 0.251 e. The summed E-state index contributed by atoms with van der Waals surface area (Å²) in [5.41, 5.74) is 4.12. The second-order valence-corrected chi connectivity index (χ2v) is 4.87. The summed E-state index contributed by atoms with van der Waals surface area (Å²) < 4.78 is 0. The maximum atomic E-state index is 11.9. The minimum Gasteiger partial charge on any atom is -0.352 e. The summed E-state index contributed by atoms with van der Waals surface area (Å²) in [4.78, 5) is 11.9. The van der Waals surface area contributed by atoms with E-state index < -0.39 is 0 Å². The van der Waals surface area contributed by atoms with Gasteiger partial charge in [0.2, 0.25) is 0 Å². The van der Waals surface area contributed by atoms with Crippen LogP contribution >= 0.6 is 15.9 Å². The van der Waals surface area contributed by atoms with E-state index in [2.05, 4.69) is 21.2 Å². The van der Waals surface area contributed by atoms with Crippen LogP contribution in [0.15, 0.2) is 12.1 Å². The molecule has 1 rings (SSSR count). The average molecular weight is 284 g/mol. The molecule has 1 amide bonds. The summed E-state index contributed by atoms with van der Waals surface area (Å²) in [5.74, 6) is 0.0379. The molecule has 0 saturated carbocycles. The van der Waals surface area contributed by atoms with Gasteiger partial charge in [0.05, 0.1) is 0 Å². The van der Waals surface area contributed by atoms with Crippen LogP contribution < -0.4 is 5.32 Å². The number of halogens is 1. The Bertz CT molecular complexity index is 365. The van der Waals surface area contributed by atoms with Crippen LogP contribution in [-0.2, 0) is 0 Å². The van der Waals surface area contributed by atoms with Crippen molar-refractivity contribution in [3.8, 4) is 0 Å². The van der Waals surface area contributed by atoms with Crippen molar-refractivity contribution in [2.75, 3.05) is 11.9 Å². The van der Waals surface area contributed by atoms with E-state index in [1.807, 2.05) is 32.9 Å². The fourth-order valence-corrected chi connectivity index (χ4v) is 2.18. The fraction of sp³-hybridized carbons (Fsp3) is 0.462. The number of carbonyl (C=O) groups is 1. The van der Waals surface area contributed by atoms with Gasteiger partial charge in [-0.25, -0.2) is 0 Å². The molecule has 88 valence electrons. The Hall–Kier alpha value is -0.830. The second-order valence-electron chi connectivity index (χ2n) is 4.07. The molecular formula is C13H18BrNO. The van der Waals surface area contributed by atoms with Crippen LogP contribution in [0.2, 0.25) is 0 Å². The van der Waals surface area contributed by atoms with Crippen molar-refractivity contribution >= 4 is 21.8 Å². The maximum absolute atomic E-state index is 11.9. The number of nitrogens with one attached hydrogen (secondary N) is 1. The van der Waals surface area contributed by atoms with Gasteiger partial charge < -0.3 is 5.32 Å². The molecule has 2 nitrogen and oxygen atoms in total. The van der Waals surface area contributed by atoms with Crippen LogP contribution in [0.1, 0.15) is 33.5 Å². The molecule has 0 aromatic heterocycles. The minimum atomic E-state index is 0.0379. The lowest BCUT2D eigenvalue weighted by molar-refractivity contribution is 0.0952. The molecule has 0 fully saturated rings. The summed E-state index contributed by atoms with van der Waals surface area (Å²) in [7, 11) is 0. The number of hydrogen-bond donors (Lipinski definition) is 1. The number of amides is 1. The predicted octanol–water partition coefficient (Wildman–Crippen LogP) is 3.13. The van der Waals surface area contributed by atoms with Gasteiger partial charge in [-0.15, -0.1) is 0 Å². The van der Waals surface area contributed by atoms with Crippen LogP contribution in [0.4, 0.5) is 0 Å². The first-order valence-corrected chi connectivity index (χ1v) is 6.60. The number of rotatable bonds is 4. The van der Waals surface area contributed by atoms with E-state index >= 15 is 0 Å². The van der Waals surface area contributed by atoms with E-state index in [1.165, 1.54) is 5.56 Å². The largest absolute Gasteiger partial charge is 0.352 e. The van der Waals surface area contributed by atoms with E-state index in [1.54, 1.807) is 0 Å². The number of hydrogen-bond acceptors (Lipinski definition) is 1. The highest BCUT2D eigenvalue weighted by molar-refractivity contribution is 9.09. The zero-order valence-electron chi connectivity index (χ0n) is 10.1. The summed E-state index contributed by atoms with van der Waals surface area (Å²) in [6.45, 7) is 6.74. The molecule has 0 aliphatic carbocycles. The van der Waals surface area contributed by atoms with Crippen molar-refractivity contribution in [3.05, 3.63) is 34.4 Å². The highest BCUT2D eigenvalue weighted by Gasteiger charge is 2.11. The Kier molecular flexibility index (Phi) is 5.00. The van der Waals surface area contributed by atoms with Crippen molar-refractivity contribution in [2.45, 2.75) is 27.2 Å². The van der Waals surface area contributed by atoms with Crippen LogP contribution in [0.3, 0.4) is 0 Å². The first-order chi connectivity index (χ1) is 7.56. The van der Waals surface area contributed by atoms with Gasteiger partial charge in [0, 0.05) is 17.4 Å². The molecule has 0 spiro atoms. The Balaban J connectivity index is 2.83. The third-order valence-corrected chi connectivity index (χ3v) is 3.06. The summed E-state index contributed by atoms with van der Waals surface area (Å²) in [6.07, 6.45) is 0.954. The molecule has 0 aliphatic rings. The van der Waals surface area contributed by atoms with Crippen LogP contribution in [-0.4, -0.2) is 17.8 Å². The molecular weight excluding hydrogens is 266 g/mol. The van der Waals surface area contributed by atoms with Crippen molar-refractivity contribution in [3.63, 3.8) is 0 Å². The van der Waals surface area contributed by atoms with Gasteiger partial charge in [0.15, 0.2) is 0 Å². The second kappa shape index (κ2) is 6.04. The van der Waals surface area contributed by atoms with E-state index in [4.69, 9.17) is 0 Å². The SMILES string of the molecule is Cc1cc(C)c(C(=O)NCCCBr)c(C)c1. The maximum Gasteiger partial charge on any atom is 0.251 e.